The second-order valence-corrected chi connectivity index (χ2v) is 6.69. The normalized spacial score (nSPS) is 13.2. The van der Waals surface area contributed by atoms with Crippen molar-refractivity contribution in [3.05, 3.63) is 20.8 Å². The van der Waals surface area contributed by atoms with E-state index >= 15 is 0 Å². The van der Waals surface area contributed by atoms with E-state index in [1.54, 1.807) is 0 Å². The van der Waals surface area contributed by atoms with Crippen LogP contribution in [0.4, 0.5) is 0 Å². The maximum Gasteiger partial charge on any atom is 0.0701 e. The van der Waals surface area contributed by atoms with Crippen molar-refractivity contribution in [3.8, 4) is 0 Å². The van der Waals surface area contributed by atoms with Crippen LogP contribution in [0.1, 0.15) is 38.1 Å². The number of thiophene rings is 1. The molecule has 2 nitrogen and oxygen atoms in total. The summed E-state index contributed by atoms with van der Waals surface area (Å²) in [5.74, 6) is 0. The Kier molecular flexibility index (Phi) is 7.35. The highest BCUT2D eigenvalue weighted by Crippen LogP contribution is 2.26. The molecule has 4 heteroatoms. The monoisotopic (exact) mass is 318 g/mol. The largest absolute Gasteiger partial charge is 0.309 e. The van der Waals surface area contributed by atoms with Gasteiger partial charge in [0.05, 0.1) is 3.79 Å². The van der Waals surface area contributed by atoms with Crippen LogP contribution in [0.3, 0.4) is 0 Å². The topological polar surface area (TPSA) is 15.3 Å². The Morgan fingerprint density at radius 2 is 2.06 bits per heavy atom. The maximum atomic E-state index is 3.58. The van der Waals surface area contributed by atoms with Crippen LogP contribution < -0.4 is 5.32 Å². The molecule has 0 aliphatic heterocycles. The highest BCUT2D eigenvalue weighted by molar-refractivity contribution is 9.11. The molecule has 0 fully saturated rings. The molecule has 0 aliphatic rings. The standard InChI is InChI=1S/C13H23BrN2S/c1-4-16(5-2)10-6-9-15-11(3)12-7-8-13(14)17-12/h7-8,11,15H,4-6,9-10H2,1-3H3. The first-order valence-electron chi connectivity index (χ1n) is 6.38. The summed E-state index contributed by atoms with van der Waals surface area (Å²) in [5.41, 5.74) is 0. The van der Waals surface area contributed by atoms with E-state index in [-0.39, 0.29) is 0 Å². The van der Waals surface area contributed by atoms with E-state index in [0.717, 1.165) is 19.6 Å². The summed E-state index contributed by atoms with van der Waals surface area (Å²) in [4.78, 5) is 3.87. The van der Waals surface area contributed by atoms with Gasteiger partial charge in [0, 0.05) is 10.9 Å². The Morgan fingerprint density at radius 1 is 1.35 bits per heavy atom. The van der Waals surface area contributed by atoms with Crippen molar-refractivity contribution in [1.29, 1.82) is 0 Å². The van der Waals surface area contributed by atoms with Crippen molar-refractivity contribution in [1.82, 2.24) is 10.2 Å². The minimum absolute atomic E-state index is 0.461. The summed E-state index contributed by atoms with van der Waals surface area (Å²) in [6.45, 7) is 11.3. The van der Waals surface area contributed by atoms with Crippen molar-refractivity contribution in [3.63, 3.8) is 0 Å². The molecule has 0 radical (unpaired) electrons. The van der Waals surface area contributed by atoms with E-state index in [1.807, 2.05) is 11.3 Å². The van der Waals surface area contributed by atoms with Crippen LogP contribution in [-0.2, 0) is 0 Å². The van der Waals surface area contributed by atoms with E-state index in [9.17, 15) is 0 Å². The Balaban J connectivity index is 2.18. The summed E-state index contributed by atoms with van der Waals surface area (Å²) >= 11 is 5.32. The molecule has 1 unspecified atom stereocenters. The van der Waals surface area contributed by atoms with Crippen LogP contribution in [0.2, 0.25) is 0 Å². The number of rotatable bonds is 8. The Hall–Kier alpha value is 0.1000. The molecule has 0 spiro atoms. The molecule has 1 heterocycles. The lowest BCUT2D eigenvalue weighted by molar-refractivity contribution is 0.296. The smallest absolute Gasteiger partial charge is 0.0701 e. The average molecular weight is 319 g/mol. The van der Waals surface area contributed by atoms with Crippen molar-refractivity contribution in [2.45, 2.75) is 33.2 Å². The van der Waals surface area contributed by atoms with Gasteiger partial charge in [0.2, 0.25) is 0 Å². The second-order valence-electron chi connectivity index (χ2n) is 4.20. The second kappa shape index (κ2) is 8.25. The fourth-order valence-electron chi connectivity index (χ4n) is 1.82. The molecule has 0 saturated heterocycles. The van der Waals surface area contributed by atoms with Gasteiger partial charge in [-0.25, -0.2) is 0 Å². The molecule has 0 bridgehead atoms. The number of nitrogens with zero attached hydrogens (tertiary/aromatic N) is 1. The third kappa shape index (κ3) is 5.51. The lowest BCUT2D eigenvalue weighted by Gasteiger charge is -2.18. The zero-order chi connectivity index (χ0) is 12.7. The van der Waals surface area contributed by atoms with Crippen molar-refractivity contribution >= 4 is 27.3 Å². The van der Waals surface area contributed by atoms with Gasteiger partial charge >= 0.3 is 0 Å². The highest BCUT2D eigenvalue weighted by Gasteiger charge is 2.07. The molecule has 0 saturated carbocycles. The Labute approximate surface area is 118 Å². The summed E-state index contributed by atoms with van der Waals surface area (Å²) < 4.78 is 1.21. The summed E-state index contributed by atoms with van der Waals surface area (Å²) in [7, 11) is 0. The van der Waals surface area contributed by atoms with E-state index < -0.39 is 0 Å². The molecular formula is C13H23BrN2S. The summed E-state index contributed by atoms with van der Waals surface area (Å²) in [6.07, 6.45) is 1.22. The van der Waals surface area contributed by atoms with E-state index in [1.165, 1.54) is 21.6 Å². The van der Waals surface area contributed by atoms with Crippen LogP contribution in [-0.4, -0.2) is 31.1 Å². The van der Waals surface area contributed by atoms with Crippen LogP contribution in [0.5, 0.6) is 0 Å². The van der Waals surface area contributed by atoms with Gasteiger partial charge in [-0.1, -0.05) is 13.8 Å². The van der Waals surface area contributed by atoms with Gasteiger partial charge in [-0.05, 0) is 67.6 Å². The molecule has 1 N–H and O–H groups in total. The van der Waals surface area contributed by atoms with E-state index in [0.29, 0.717) is 6.04 Å². The van der Waals surface area contributed by atoms with E-state index in [2.05, 4.69) is 59.1 Å². The molecular weight excluding hydrogens is 296 g/mol. The van der Waals surface area contributed by atoms with Gasteiger partial charge in [-0.15, -0.1) is 11.3 Å². The maximum absolute atomic E-state index is 3.58. The summed E-state index contributed by atoms with van der Waals surface area (Å²) in [6, 6.07) is 4.77. The minimum atomic E-state index is 0.461. The zero-order valence-electron chi connectivity index (χ0n) is 11.0. The fraction of sp³-hybridized carbons (Fsp3) is 0.692. The van der Waals surface area contributed by atoms with Crippen LogP contribution in [0.25, 0.3) is 0 Å². The Bertz CT molecular complexity index is 310. The molecule has 0 aliphatic carbocycles. The third-order valence-corrected chi connectivity index (χ3v) is 4.82. The Morgan fingerprint density at radius 3 is 2.59 bits per heavy atom. The first kappa shape index (κ1) is 15.2. The summed E-state index contributed by atoms with van der Waals surface area (Å²) in [5, 5.41) is 3.58. The molecule has 1 aromatic heterocycles. The average Bonchev–Trinajstić information content (AvgIpc) is 2.76. The van der Waals surface area contributed by atoms with Gasteiger partial charge in [0.25, 0.3) is 0 Å². The van der Waals surface area contributed by atoms with Gasteiger partial charge in [0.15, 0.2) is 0 Å². The number of hydrogen-bond acceptors (Lipinski definition) is 3. The quantitative estimate of drug-likeness (QED) is 0.731. The third-order valence-electron chi connectivity index (χ3n) is 3.02. The highest BCUT2D eigenvalue weighted by atomic mass is 79.9. The molecule has 98 valence electrons. The molecule has 1 rings (SSSR count). The van der Waals surface area contributed by atoms with Gasteiger partial charge in [-0.3, -0.25) is 0 Å². The lowest BCUT2D eigenvalue weighted by atomic mass is 10.2. The molecule has 0 amide bonds. The molecule has 0 aromatic carbocycles. The number of halogens is 1. The fourth-order valence-corrected chi connectivity index (χ4v) is 3.27. The van der Waals surface area contributed by atoms with Gasteiger partial charge < -0.3 is 10.2 Å². The SMILES string of the molecule is CCN(CC)CCCNC(C)c1ccc(Br)s1. The number of nitrogens with one attached hydrogen (secondary N) is 1. The van der Waals surface area contributed by atoms with Crippen molar-refractivity contribution in [2.75, 3.05) is 26.2 Å². The van der Waals surface area contributed by atoms with Crippen molar-refractivity contribution < 1.29 is 0 Å². The van der Waals surface area contributed by atoms with E-state index in [4.69, 9.17) is 0 Å². The van der Waals surface area contributed by atoms with Gasteiger partial charge in [-0.2, -0.15) is 0 Å². The zero-order valence-corrected chi connectivity index (χ0v) is 13.4. The minimum Gasteiger partial charge on any atom is -0.309 e. The first-order chi connectivity index (χ1) is 8.17. The number of hydrogen-bond donors (Lipinski definition) is 1. The molecule has 1 atom stereocenters. The predicted molar refractivity (Wildman–Crippen MR) is 80.8 cm³/mol. The predicted octanol–water partition coefficient (Wildman–Crippen LogP) is 3.89. The molecule has 1 aromatic rings. The van der Waals surface area contributed by atoms with Crippen molar-refractivity contribution in [2.24, 2.45) is 0 Å². The lowest BCUT2D eigenvalue weighted by Crippen LogP contribution is -2.28. The van der Waals surface area contributed by atoms with Gasteiger partial charge in [0.1, 0.15) is 0 Å². The first-order valence-corrected chi connectivity index (χ1v) is 7.99. The molecule has 17 heavy (non-hydrogen) atoms. The van der Waals surface area contributed by atoms with Crippen LogP contribution >= 0.6 is 27.3 Å². The van der Waals surface area contributed by atoms with Crippen LogP contribution in [0, 0.1) is 0 Å². The van der Waals surface area contributed by atoms with Crippen LogP contribution in [0.15, 0.2) is 15.9 Å².